The molecule has 5 heteroatoms. The number of amides is 2. The van der Waals surface area contributed by atoms with E-state index < -0.39 is 0 Å². The summed E-state index contributed by atoms with van der Waals surface area (Å²) in [6.45, 7) is 0. The minimum atomic E-state index is -0.303. The molecule has 88 valence electrons. The summed E-state index contributed by atoms with van der Waals surface area (Å²) >= 11 is 3.30. The quantitative estimate of drug-likeness (QED) is 0.761. The zero-order valence-corrected chi connectivity index (χ0v) is 10.7. The number of benzene rings is 1. The van der Waals surface area contributed by atoms with Crippen LogP contribution in [-0.2, 0) is 0 Å². The van der Waals surface area contributed by atoms with E-state index >= 15 is 0 Å². The van der Waals surface area contributed by atoms with E-state index in [0.717, 1.165) is 4.90 Å². The number of aromatic nitrogens is 1. The first-order chi connectivity index (χ1) is 8.70. The van der Waals surface area contributed by atoms with Gasteiger partial charge in [0.1, 0.15) is 0 Å². The van der Waals surface area contributed by atoms with Crippen LogP contribution in [0.2, 0.25) is 0 Å². The SMILES string of the molecule is O=C1c2ccccc2C(=O)N1c1ccncc1Br. The number of hydrogen-bond acceptors (Lipinski definition) is 3. The molecule has 2 heterocycles. The highest BCUT2D eigenvalue weighted by atomic mass is 79.9. The second-order valence-corrected chi connectivity index (χ2v) is 4.67. The maximum atomic E-state index is 12.2. The molecule has 0 saturated carbocycles. The molecule has 0 spiro atoms. The maximum absolute atomic E-state index is 12.2. The Hall–Kier alpha value is -2.01. The number of nitrogens with zero attached hydrogens (tertiary/aromatic N) is 2. The van der Waals surface area contributed by atoms with Crippen molar-refractivity contribution in [2.45, 2.75) is 0 Å². The summed E-state index contributed by atoms with van der Waals surface area (Å²) in [5.41, 5.74) is 1.38. The summed E-state index contributed by atoms with van der Waals surface area (Å²) in [5, 5.41) is 0. The number of carbonyl (C=O) groups is 2. The topological polar surface area (TPSA) is 50.3 Å². The molecule has 0 atom stereocenters. The van der Waals surface area contributed by atoms with Crippen LogP contribution in [0.25, 0.3) is 0 Å². The van der Waals surface area contributed by atoms with Gasteiger partial charge < -0.3 is 0 Å². The fourth-order valence-corrected chi connectivity index (χ4v) is 2.38. The fraction of sp³-hybridized carbons (Fsp3) is 0. The van der Waals surface area contributed by atoms with Crippen LogP contribution < -0.4 is 4.90 Å². The first-order valence-corrected chi connectivity index (χ1v) is 6.07. The van der Waals surface area contributed by atoms with Crippen LogP contribution in [0.15, 0.2) is 47.2 Å². The van der Waals surface area contributed by atoms with Crippen molar-refractivity contribution in [1.29, 1.82) is 0 Å². The minimum Gasteiger partial charge on any atom is -0.268 e. The van der Waals surface area contributed by atoms with Gasteiger partial charge in [-0.05, 0) is 34.1 Å². The molecule has 0 fully saturated rings. The predicted octanol–water partition coefficient (Wildman–Crippen LogP) is 2.64. The molecule has 0 saturated heterocycles. The molecule has 18 heavy (non-hydrogen) atoms. The van der Waals surface area contributed by atoms with Crippen LogP contribution in [0.5, 0.6) is 0 Å². The smallest absolute Gasteiger partial charge is 0.266 e. The van der Waals surface area contributed by atoms with Crippen LogP contribution in [0, 0.1) is 0 Å². The van der Waals surface area contributed by atoms with Crippen molar-refractivity contribution >= 4 is 33.4 Å². The summed E-state index contributed by atoms with van der Waals surface area (Å²) in [4.78, 5) is 29.5. The third kappa shape index (κ3) is 1.48. The molecule has 0 N–H and O–H groups in total. The molecular weight excluding hydrogens is 296 g/mol. The Balaban J connectivity index is 2.16. The predicted molar refractivity (Wildman–Crippen MR) is 69.5 cm³/mol. The lowest BCUT2D eigenvalue weighted by Crippen LogP contribution is -2.29. The van der Waals surface area contributed by atoms with Gasteiger partial charge in [-0.15, -0.1) is 0 Å². The van der Waals surface area contributed by atoms with Crippen molar-refractivity contribution in [3.8, 4) is 0 Å². The van der Waals surface area contributed by atoms with Gasteiger partial charge in [-0.25, -0.2) is 4.90 Å². The molecule has 2 aromatic rings. The highest BCUT2D eigenvalue weighted by molar-refractivity contribution is 9.10. The first kappa shape index (κ1) is 11.1. The Morgan fingerprint density at radius 2 is 1.61 bits per heavy atom. The molecule has 0 unspecified atom stereocenters. The van der Waals surface area contributed by atoms with Gasteiger partial charge in [-0.2, -0.15) is 0 Å². The van der Waals surface area contributed by atoms with Gasteiger partial charge in [0.05, 0.1) is 21.3 Å². The van der Waals surface area contributed by atoms with E-state index in [-0.39, 0.29) is 11.8 Å². The summed E-state index contributed by atoms with van der Waals surface area (Å²) in [6, 6.07) is 8.44. The standard InChI is InChI=1S/C13H7BrN2O2/c14-10-7-15-6-5-11(10)16-12(17)8-3-1-2-4-9(8)13(16)18/h1-7H. The van der Waals surface area contributed by atoms with Crippen LogP contribution in [0.4, 0.5) is 5.69 Å². The highest BCUT2D eigenvalue weighted by Crippen LogP contribution is 2.32. The van der Waals surface area contributed by atoms with E-state index in [1.807, 2.05) is 0 Å². The fourth-order valence-electron chi connectivity index (χ4n) is 1.96. The largest absolute Gasteiger partial charge is 0.268 e. The Morgan fingerprint density at radius 1 is 1.00 bits per heavy atom. The number of pyridine rings is 1. The second kappa shape index (κ2) is 4.03. The average molecular weight is 303 g/mol. The van der Waals surface area contributed by atoms with Gasteiger partial charge in [0, 0.05) is 12.4 Å². The molecule has 4 nitrogen and oxygen atoms in total. The zero-order chi connectivity index (χ0) is 12.7. The van der Waals surface area contributed by atoms with E-state index in [1.54, 1.807) is 42.7 Å². The number of rotatable bonds is 1. The van der Waals surface area contributed by atoms with Crippen LogP contribution in [0.1, 0.15) is 20.7 Å². The third-order valence-corrected chi connectivity index (χ3v) is 3.40. The van der Waals surface area contributed by atoms with Crippen molar-refractivity contribution in [3.05, 3.63) is 58.3 Å². The molecule has 1 aliphatic rings. The Kier molecular flexibility index (Phi) is 2.48. The minimum absolute atomic E-state index is 0.303. The Bertz CT molecular complexity index is 635. The average Bonchev–Trinajstić information content (AvgIpc) is 2.64. The number of fused-ring (bicyclic) bond motifs is 1. The molecule has 1 aromatic heterocycles. The molecule has 0 aliphatic carbocycles. The van der Waals surface area contributed by atoms with Crippen LogP contribution >= 0.6 is 15.9 Å². The van der Waals surface area contributed by atoms with E-state index in [2.05, 4.69) is 20.9 Å². The van der Waals surface area contributed by atoms with E-state index in [4.69, 9.17) is 0 Å². The molecule has 0 radical (unpaired) electrons. The molecule has 0 bridgehead atoms. The van der Waals surface area contributed by atoms with Gasteiger partial charge in [0.15, 0.2) is 0 Å². The lowest BCUT2D eigenvalue weighted by molar-refractivity contribution is 0.0926. The number of imide groups is 1. The van der Waals surface area contributed by atoms with Gasteiger partial charge >= 0.3 is 0 Å². The molecular formula is C13H7BrN2O2. The van der Waals surface area contributed by atoms with Crippen LogP contribution in [0.3, 0.4) is 0 Å². The van der Waals surface area contributed by atoms with Crippen molar-refractivity contribution in [2.24, 2.45) is 0 Å². The number of carbonyl (C=O) groups excluding carboxylic acids is 2. The normalized spacial score (nSPS) is 13.9. The van der Waals surface area contributed by atoms with Gasteiger partial charge in [-0.3, -0.25) is 14.6 Å². The van der Waals surface area contributed by atoms with Crippen molar-refractivity contribution in [3.63, 3.8) is 0 Å². The summed E-state index contributed by atoms with van der Waals surface area (Å²) in [6.07, 6.45) is 3.10. The molecule has 1 aliphatic heterocycles. The summed E-state index contributed by atoms with van der Waals surface area (Å²) in [7, 11) is 0. The first-order valence-electron chi connectivity index (χ1n) is 5.27. The zero-order valence-electron chi connectivity index (χ0n) is 9.13. The van der Waals surface area contributed by atoms with Gasteiger partial charge in [0.2, 0.25) is 0 Å². The van der Waals surface area contributed by atoms with E-state index in [1.165, 1.54) is 0 Å². The van der Waals surface area contributed by atoms with Crippen molar-refractivity contribution in [1.82, 2.24) is 4.98 Å². The lowest BCUT2D eigenvalue weighted by Gasteiger charge is -2.14. The Morgan fingerprint density at radius 3 is 2.17 bits per heavy atom. The van der Waals surface area contributed by atoms with E-state index in [0.29, 0.717) is 21.3 Å². The second-order valence-electron chi connectivity index (χ2n) is 3.82. The summed E-state index contributed by atoms with van der Waals surface area (Å²) in [5.74, 6) is -0.606. The molecule has 1 aromatic carbocycles. The maximum Gasteiger partial charge on any atom is 0.266 e. The van der Waals surface area contributed by atoms with E-state index in [9.17, 15) is 9.59 Å². The monoisotopic (exact) mass is 302 g/mol. The van der Waals surface area contributed by atoms with Gasteiger partial charge in [0.25, 0.3) is 11.8 Å². The van der Waals surface area contributed by atoms with Crippen LogP contribution in [-0.4, -0.2) is 16.8 Å². The number of hydrogen-bond donors (Lipinski definition) is 0. The summed E-state index contributed by atoms with van der Waals surface area (Å²) < 4.78 is 0.611. The van der Waals surface area contributed by atoms with Crippen molar-refractivity contribution in [2.75, 3.05) is 4.90 Å². The highest BCUT2D eigenvalue weighted by Gasteiger charge is 2.36. The molecule has 2 amide bonds. The van der Waals surface area contributed by atoms with Crippen molar-refractivity contribution < 1.29 is 9.59 Å². The lowest BCUT2D eigenvalue weighted by atomic mass is 10.1. The Labute approximate surface area is 111 Å². The van der Waals surface area contributed by atoms with Gasteiger partial charge in [-0.1, -0.05) is 12.1 Å². The third-order valence-electron chi connectivity index (χ3n) is 2.79. The molecule has 3 rings (SSSR count). The number of halogens is 1. The number of anilines is 1.